The van der Waals surface area contributed by atoms with Crippen LogP contribution in [0.3, 0.4) is 0 Å². The van der Waals surface area contributed by atoms with Crippen LogP contribution in [0.15, 0.2) is 34.8 Å². The number of halogens is 4. The zero-order valence-electron chi connectivity index (χ0n) is 11.6. The second-order valence-corrected chi connectivity index (χ2v) is 5.89. The Balaban J connectivity index is 2.40. The standard InChI is InChI=1S/C16H14BrClF2O/c1-3-21-10-4-5-11(13(17)7-10)16(18)12-6-9(2)14(19)8-15(12)20/h4-8,16H,3H2,1-2H3. The summed E-state index contributed by atoms with van der Waals surface area (Å²) in [6, 6.07) is 7.62. The second-order valence-electron chi connectivity index (χ2n) is 4.60. The number of alkyl halides is 1. The molecule has 0 saturated carbocycles. The van der Waals surface area contributed by atoms with Crippen LogP contribution in [-0.2, 0) is 0 Å². The van der Waals surface area contributed by atoms with E-state index in [1.807, 2.05) is 6.92 Å². The lowest BCUT2D eigenvalue weighted by atomic mass is 10.0. The van der Waals surface area contributed by atoms with Gasteiger partial charge < -0.3 is 4.74 Å². The minimum atomic E-state index is -0.714. The van der Waals surface area contributed by atoms with Crippen molar-refractivity contribution in [3.63, 3.8) is 0 Å². The summed E-state index contributed by atoms with van der Waals surface area (Å²) in [5.74, 6) is -0.530. The Morgan fingerprint density at radius 2 is 1.86 bits per heavy atom. The Hall–Kier alpha value is -1.13. The average Bonchev–Trinajstić information content (AvgIpc) is 2.43. The van der Waals surface area contributed by atoms with Gasteiger partial charge in [0.1, 0.15) is 17.4 Å². The number of aryl methyl sites for hydroxylation is 1. The van der Waals surface area contributed by atoms with Crippen molar-refractivity contribution < 1.29 is 13.5 Å². The fourth-order valence-electron chi connectivity index (χ4n) is 2.01. The van der Waals surface area contributed by atoms with Crippen LogP contribution in [0.1, 0.15) is 29.0 Å². The number of rotatable bonds is 4. The molecule has 0 saturated heterocycles. The van der Waals surface area contributed by atoms with Gasteiger partial charge in [-0.3, -0.25) is 0 Å². The fraction of sp³-hybridized carbons (Fsp3) is 0.250. The lowest BCUT2D eigenvalue weighted by Gasteiger charge is -2.15. The van der Waals surface area contributed by atoms with Gasteiger partial charge in [0.25, 0.3) is 0 Å². The van der Waals surface area contributed by atoms with Crippen LogP contribution in [0.4, 0.5) is 8.78 Å². The molecule has 2 aromatic carbocycles. The van der Waals surface area contributed by atoms with E-state index in [4.69, 9.17) is 16.3 Å². The number of benzene rings is 2. The minimum absolute atomic E-state index is 0.250. The van der Waals surface area contributed by atoms with Gasteiger partial charge in [-0.25, -0.2) is 8.78 Å². The van der Waals surface area contributed by atoms with Gasteiger partial charge in [-0.15, -0.1) is 11.6 Å². The summed E-state index contributed by atoms with van der Waals surface area (Å²) < 4.78 is 33.4. The Morgan fingerprint density at radius 3 is 2.48 bits per heavy atom. The third kappa shape index (κ3) is 3.55. The van der Waals surface area contributed by atoms with Gasteiger partial charge in [-0.2, -0.15) is 0 Å². The van der Waals surface area contributed by atoms with Crippen molar-refractivity contribution in [2.24, 2.45) is 0 Å². The van der Waals surface area contributed by atoms with E-state index in [0.29, 0.717) is 23.5 Å². The number of ether oxygens (including phenoxy) is 1. The van der Waals surface area contributed by atoms with Crippen molar-refractivity contribution >= 4 is 27.5 Å². The molecule has 0 heterocycles. The molecule has 0 bridgehead atoms. The van der Waals surface area contributed by atoms with Crippen molar-refractivity contribution in [3.05, 3.63) is 63.1 Å². The largest absolute Gasteiger partial charge is 0.494 e. The molecule has 1 unspecified atom stereocenters. The van der Waals surface area contributed by atoms with Gasteiger partial charge in [-0.1, -0.05) is 22.0 Å². The van der Waals surface area contributed by atoms with E-state index in [9.17, 15) is 8.78 Å². The van der Waals surface area contributed by atoms with Crippen LogP contribution in [0.25, 0.3) is 0 Å². The Bertz CT molecular complexity index is 661. The highest BCUT2D eigenvalue weighted by atomic mass is 79.9. The first kappa shape index (κ1) is 16.2. The highest BCUT2D eigenvalue weighted by Gasteiger charge is 2.19. The molecule has 0 aliphatic rings. The molecule has 0 fully saturated rings. The fourth-order valence-corrected chi connectivity index (χ4v) is 3.09. The molecule has 0 radical (unpaired) electrons. The first-order valence-corrected chi connectivity index (χ1v) is 7.68. The molecule has 0 aliphatic carbocycles. The molecule has 0 aliphatic heterocycles. The van der Waals surface area contributed by atoms with E-state index in [1.165, 1.54) is 6.07 Å². The molecule has 0 aromatic heterocycles. The van der Waals surface area contributed by atoms with E-state index in [0.717, 1.165) is 10.5 Å². The van der Waals surface area contributed by atoms with E-state index in [1.54, 1.807) is 25.1 Å². The molecule has 21 heavy (non-hydrogen) atoms. The summed E-state index contributed by atoms with van der Waals surface area (Å²) >= 11 is 9.77. The molecule has 2 rings (SSSR count). The molecule has 1 atom stereocenters. The topological polar surface area (TPSA) is 9.23 Å². The summed E-state index contributed by atoms with van der Waals surface area (Å²) in [4.78, 5) is 0. The summed E-state index contributed by atoms with van der Waals surface area (Å²) in [7, 11) is 0. The van der Waals surface area contributed by atoms with Gasteiger partial charge >= 0.3 is 0 Å². The smallest absolute Gasteiger partial charge is 0.131 e. The van der Waals surface area contributed by atoms with Crippen LogP contribution in [0.2, 0.25) is 0 Å². The summed E-state index contributed by atoms with van der Waals surface area (Å²) in [6.07, 6.45) is 0. The molecular weight excluding hydrogens is 362 g/mol. The molecule has 5 heteroatoms. The van der Waals surface area contributed by atoms with Crippen molar-refractivity contribution in [1.29, 1.82) is 0 Å². The molecule has 0 amide bonds. The van der Waals surface area contributed by atoms with Crippen molar-refractivity contribution in [2.45, 2.75) is 19.2 Å². The van der Waals surface area contributed by atoms with Crippen LogP contribution >= 0.6 is 27.5 Å². The average molecular weight is 376 g/mol. The predicted molar refractivity (Wildman–Crippen MR) is 84.1 cm³/mol. The quantitative estimate of drug-likeness (QED) is 0.617. The summed E-state index contributed by atoms with van der Waals surface area (Å²) in [5.41, 5.74) is 1.31. The highest BCUT2D eigenvalue weighted by Crippen LogP contribution is 2.37. The lowest BCUT2D eigenvalue weighted by Crippen LogP contribution is -2.01. The zero-order chi connectivity index (χ0) is 15.6. The molecular formula is C16H14BrClF2O. The van der Waals surface area contributed by atoms with Gasteiger partial charge in [0.05, 0.1) is 12.0 Å². The van der Waals surface area contributed by atoms with Crippen molar-refractivity contribution in [3.8, 4) is 5.75 Å². The maximum absolute atomic E-state index is 13.9. The van der Waals surface area contributed by atoms with Crippen LogP contribution in [0, 0.1) is 18.6 Å². The maximum Gasteiger partial charge on any atom is 0.131 e. The van der Waals surface area contributed by atoms with Gasteiger partial charge in [-0.05, 0) is 43.2 Å². The third-order valence-corrected chi connectivity index (χ3v) is 4.26. The Kier molecular flexibility index (Phi) is 5.22. The van der Waals surface area contributed by atoms with Crippen LogP contribution in [0.5, 0.6) is 5.75 Å². The number of hydrogen-bond donors (Lipinski definition) is 0. The maximum atomic E-state index is 13.9. The molecule has 0 spiro atoms. The molecule has 2 aromatic rings. The predicted octanol–water partition coefficient (Wildman–Crippen LogP) is 5.76. The molecule has 1 nitrogen and oxygen atoms in total. The third-order valence-electron chi connectivity index (χ3n) is 3.11. The van der Waals surface area contributed by atoms with E-state index >= 15 is 0 Å². The lowest BCUT2D eigenvalue weighted by molar-refractivity contribution is 0.340. The van der Waals surface area contributed by atoms with Gasteiger partial charge in [0.2, 0.25) is 0 Å². The van der Waals surface area contributed by atoms with Crippen LogP contribution < -0.4 is 4.74 Å². The summed E-state index contributed by atoms with van der Waals surface area (Å²) in [6.45, 7) is 4.03. The normalized spacial score (nSPS) is 12.3. The van der Waals surface area contributed by atoms with Gasteiger partial charge in [0.15, 0.2) is 0 Å². The van der Waals surface area contributed by atoms with Crippen molar-refractivity contribution in [1.82, 2.24) is 0 Å². The molecule has 0 N–H and O–H groups in total. The van der Waals surface area contributed by atoms with Crippen molar-refractivity contribution in [2.75, 3.05) is 6.61 Å². The first-order chi connectivity index (χ1) is 9.93. The van der Waals surface area contributed by atoms with E-state index in [-0.39, 0.29) is 5.56 Å². The minimum Gasteiger partial charge on any atom is -0.494 e. The van der Waals surface area contributed by atoms with E-state index < -0.39 is 17.0 Å². The second kappa shape index (κ2) is 6.75. The number of hydrogen-bond acceptors (Lipinski definition) is 1. The Morgan fingerprint density at radius 1 is 1.14 bits per heavy atom. The monoisotopic (exact) mass is 374 g/mol. The molecule has 112 valence electrons. The summed E-state index contributed by atoms with van der Waals surface area (Å²) in [5, 5.41) is -0.714. The first-order valence-electron chi connectivity index (χ1n) is 6.46. The zero-order valence-corrected chi connectivity index (χ0v) is 13.9. The van der Waals surface area contributed by atoms with Gasteiger partial charge in [0, 0.05) is 16.1 Å². The SMILES string of the molecule is CCOc1ccc(C(Cl)c2cc(C)c(F)cc2F)c(Br)c1. The highest BCUT2D eigenvalue weighted by molar-refractivity contribution is 9.10. The van der Waals surface area contributed by atoms with Crippen LogP contribution in [-0.4, -0.2) is 6.61 Å². The van der Waals surface area contributed by atoms with E-state index in [2.05, 4.69) is 15.9 Å². The Labute approximate surface area is 136 Å².